The molecule has 1 aliphatic heterocycles. The van der Waals surface area contributed by atoms with Crippen molar-refractivity contribution in [2.75, 3.05) is 32.2 Å². The molecule has 30 heavy (non-hydrogen) atoms. The molecule has 2 atom stereocenters. The number of hydrogen-bond acceptors (Lipinski definition) is 6. The molecule has 0 spiro atoms. The van der Waals surface area contributed by atoms with E-state index in [-0.39, 0.29) is 34.6 Å². The number of H-pyrrole nitrogens is 1. The molecule has 0 aliphatic carbocycles. The van der Waals surface area contributed by atoms with Crippen LogP contribution < -0.4 is 10.2 Å². The van der Waals surface area contributed by atoms with Crippen LogP contribution in [0.5, 0.6) is 0 Å². The number of hydrogen-bond donors (Lipinski definition) is 2. The van der Waals surface area contributed by atoms with E-state index in [1.165, 1.54) is 13.2 Å². The van der Waals surface area contributed by atoms with Crippen molar-refractivity contribution >= 4 is 29.2 Å². The Bertz CT molecular complexity index is 936. The number of aromatic nitrogens is 2. The molecule has 1 aromatic heterocycles. The maximum atomic E-state index is 14.0. The van der Waals surface area contributed by atoms with Gasteiger partial charge in [-0.25, -0.2) is 14.2 Å². The topological polar surface area (TPSA) is 96.6 Å². The summed E-state index contributed by atoms with van der Waals surface area (Å²) in [5, 5.41) is 3.22. The summed E-state index contributed by atoms with van der Waals surface area (Å²) in [6, 6.07) is 3.81. The van der Waals surface area contributed by atoms with Crippen molar-refractivity contribution < 1.29 is 23.5 Å². The van der Waals surface area contributed by atoms with Crippen molar-refractivity contribution in [3.05, 3.63) is 46.3 Å². The number of methoxy groups -OCH3 is 2. The summed E-state index contributed by atoms with van der Waals surface area (Å²) >= 11 is 6.02. The van der Waals surface area contributed by atoms with Crippen LogP contribution in [0.2, 0.25) is 5.15 Å². The summed E-state index contributed by atoms with van der Waals surface area (Å²) in [4.78, 5) is 33.2. The SMILES string of the molecule is CCc1[nH]c(C(=O)N[C@H]2CCN(c3cc(F)cc(C(=O)OC)c3)C[C@H]2OC)nc1Cl. The van der Waals surface area contributed by atoms with Crippen LogP contribution in [-0.2, 0) is 15.9 Å². The van der Waals surface area contributed by atoms with Crippen LogP contribution >= 0.6 is 11.6 Å². The smallest absolute Gasteiger partial charge is 0.338 e. The van der Waals surface area contributed by atoms with Gasteiger partial charge >= 0.3 is 5.97 Å². The molecule has 1 fully saturated rings. The highest BCUT2D eigenvalue weighted by molar-refractivity contribution is 6.30. The first-order chi connectivity index (χ1) is 14.4. The second-order valence-electron chi connectivity index (χ2n) is 6.99. The van der Waals surface area contributed by atoms with Crippen molar-refractivity contribution in [3.63, 3.8) is 0 Å². The van der Waals surface area contributed by atoms with Gasteiger partial charge in [-0.1, -0.05) is 18.5 Å². The predicted molar refractivity (Wildman–Crippen MR) is 110 cm³/mol. The lowest BCUT2D eigenvalue weighted by Gasteiger charge is -2.39. The Labute approximate surface area is 178 Å². The highest BCUT2D eigenvalue weighted by Gasteiger charge is 2.32. The summed E-state index contributed by atoms with van der Waals surface area (Å²) < 4.78 is 24.3. The molecule has 2 aromatic rings. The number of rotatable bonds is 6. The standard InChI is InChI=1S/C20H24ClFN4O4/c1-4-14-17(21)25-18(23-14)19(27)24-15-5-6-26(10-16(15)29-2)13-8-11(20(28)30-3)7-12(22)9-13/h7-9,15-16H,4-6,10H2,1-3H3,(H,23,25)(H,24,27)/t15-,16+/m0/s1. The molecule has 1 saturated heterocycles. The van der Waals surface area contributed by atoms with E-state index in [1.807, 2.05) is 11.8 Å². The molecule has 0 unspecified atom stereocenters. The van der Waals surface area contributed by atoms with E-state index in [1.54, 1.807) is 13.2 Å². The molecule has 162 valence electrons. The van der Waals surface area contributed by atoms with Gasteiger partial charge in [-0.15, -0.1) is 0 Å². The van der Waals surface area contributed by atoms with Crippen molar-refractivity contribution in [1.82, 2.24) is 15.3 Å². The van der Waals surface area contributed by atoms with E-state index >= 15 is 0 Å². The van der Waals surface area contributed by atoms with Crippen LogP contribution in [0.4, 0.5) is 10.1 Å². The largest absolute Gasteiger partial charge is 0.465 e. The Kier molecular flexibility index (Phi) is 6.94. The molecule has 3 rings (SSSR count). The Morgan fingerprint density at radius 3 is 2.77 bits per heavy atom. The van der Waals surface area contributed by atoms with Crippen LogP contribution in [0.3, 0.4) is 0 Å². The van der Waals surface area contributed by atoms with E-state index in [2.05, 4.69) is 20.0 Å². The minimum absolute atomic E-state index is 0.137. The first-order valence-corrected chi connectivity index (χ1v) is 9.95. The number of ether oxygens (including phenoxy) is 2. The molecular formula is C20H24ClFN4O4. The first kappa shape index (κ1) is 22.0. The number of nitrogens with zero attached hydrogens (tertiary/aromatic N) is 2. The van der Waals surface area contributed by atoms with Crippen molar-refractivity contribution in [2.45, 2.75) is 31.9 Å². The van der Waals surface area contributed by atoms with E-state index in [0.29, 0.717) is 37.3 Å². The molecule has 1 aromatic carbocycles. The predicted octanol–water partition coefficient (Wildman–Crippen LogP) is 2.57. The molecular weight excluding hydrogens is 415 g/mol. The first-order valence-electron chi connectivity index (χ1n) is 9.58. The zero-order valence-corrected chi connectivity index (χ0v) is 17.8. The molecule has 2 heterocycles. The third-order valence-electron chi connectivity index (χ3n) is 5.14. The maximum absolute atomic E-state index is 14.0. The third kappa shape index (κ3) is 4.73. The van der Waals surface area contributed by atoms with Crippen LogP contribution in [0.1, 0.15) is 40.0 Å². The van der Waals surface area contributed by atoms with E-state index in [4.69, 9.17) is 16.3 Å². The quantitative estimate of drug-likeness (QED) is 0.673. The second kappa shape index (κ2) is 9.44. The van der Waals surface area contributed by atoms with Gasteiger partial charge in [0, 0.05) is 25.9 Å². The van der Waals surface area contributed by atoms with Gasteiger partial charge < -0.3 is 24.7 Å². The number of carbonyl (C=O) groups excluding carboxylic acids is 2. The van der Waals surface area contributed by atoms with Crippen LogP contribution in [0.15, 0.2) is 18.2 Å². The number of aryl methyl sites for hydroxylation is 1. The summed E-state index contributed by atoms with van der Waals surface area (Å²) in [6.45, 7) is 2.86. The lowest BCUT2D eigenvalue weighted by atomic mass is 10.0. The Morgan fingerprint density at radius 2 is 2.13 bits per heavy atom. The normalized spacial score (nSPS) is 18.9. The van der Waals surface area contributed by atoms with Gasteiger partial charge in [0.1, 0.15) is 5.82 Å². The number of piperidine rings is 1. The second-order valence-corrected chi connectivity index (χ2v) is 7.34. The average Bonchev–Trinajstić information content (AvgIpc) is 3.13. The number of amides is 1. The van der Waals surface area contributed by atoms with E-state index in [0.717, 1.165) is 6.07 Å². The van der Waals surface area contributed by atoms with Crippen molar-refractivity contribution in [1.29, 1.82) is 0 Å². The number of benzene rings is 1. The Balaban J connectivity index is 1.71. The van der Waals surface area contributed by atoms with Crippen LogP contribution in [-0.4, -0.2) is 61.3 Å². The highest BCUT2D eigenvalue weighted by Crippen LogP contribution is 2.25. The van der Waals surface area contributed by atoms with Crippen molar-refractivity contribution in [3.8, 4) is 0 Å². The zero-order valence-electron chi connectivity index (χ0n) is 17.0. The van der Waals surface area contributed by atoms with Gasteiger partial charge in [0.2, 0.25) is 0 Å². The Morgan fingerprint density at radius 1 is 1.37 bits per heavy atom. The zero-order chi connectivity index (χ0) is 21.8. The van der Waals surface area contributed by atoms with Gasteiger partial charge in [0.15, 0.2) is 11.0 Å². The molecule has 0 bridgehead atoms. The molecule has 0 saturated carbocycles. The number of esters is 1. The maximum Gasteiger partial charge on any atom is 0.338 e. The van der Waals surface area contributed by atoms with Crippen molar-refractivity contribution in [2.24, 2.45) is 0 Å². The fraction of sp³-hybridized carbons (Fsp3) is 0.450. The third-order valence-corrected chi connectivity index (χ3v) is 5.46. The molecule has 1 aliphatic rings. The number of halogens is 2. The fourth-order valence-electron chi connectivity index (χ4n) is 3.51. The molecule has 2 N–H and O–H groups in total. The monoisotopic (exact) mass is 438 g/mol. The number of anilines is 1. The molecule has 1 amide bonds. The summed E-state index contributed by atoms with van der Waals surface area (Å²) in [6.07, 6.45) is 0.853. The van der Waals surface area contributed by atoms with Gasteiger partial charge in [0.25, 0.3) is 5.91 Å². The molecule has 8 nitrogen and oxygen atoms in total. The average molecular weight is 439 g/mol. The summed E-state index contributed by atoms with van der Waals surface area (Å²) in [5.41, 5.74) is 1.39. The van der Waals surface area contributed by atoms with E-state index in [9.17, 15) is 14.0 Å². The number of nitrogens with one attached hydrogen (secondary N) is 2. The van der Waals surface area contributed by atoms with Gasteiger partial charge in [0.05, 0.1) is 30.5 Å². The lowest BCUT2D eigenvalue weighted by Crippen LogP contribution is -2.55. The van der Waals surface area contributed by atoms with Gasteiger partial charge in [-0.2, -0.15) is 0 Å². The molecule has 0 radical (unpaired) electrons. The minimum atomic E-state index is -0.607. The fourth-order valence-corrected chi connectivity index (χ4v) is 3.78. The summed E-state index contributed by atoms with van der Waals surface area (Å²) in [7, 11) is 2.80. The highest BCUT2D eigenvalue weighted by atomic mass is 35.5. The Hall–Kier alpha value is -2.65. The van der Waals surface area contributed by atoms with E-state index < -0.39 is 11.8 Å². The lowest BCUT2D eigenvalue weighted by molar-refractivity contribution is 0.0537. The number of carbonyl (C=O) groups is 2. The van der Waals surface area contributed by atoms with Crippen LogP contribution in [0, 0.1) is 5.82 Å². The van der Waals surface area contributed by atoms with Crippen LogP contribution in [0.25, 0.3) is 0 Å². The van der Waals surface area contributed by atoms with Gasteiger partial charge in [-0.3, -0.25) is 4.79 Å². The molecule has 10 heteroatoms. The number of aromatic amines is 1. The minimum Gasteiger partial charge on any atom is -0.465 e. The summed E-state index contributed by atoms with van der Waals surface area (Å²) in [5.74, 6) is -1.35. The van der Waals surface area contributed by atoms with Gasteiger partial charge in [-0.05, 0) is 31.0 Å². The number of imidazole rings is 1.